The predicted octanol–water partition coefficient (Wildman–Crippen LogP) is 4.11. The summed E-state index contributed by atoms with van der Waals surface area (Å²) in [4.78, 5) is 22.7. The zero-order valence-electron chi connectivity index (χ0n) is 21.5. The van der Waals surface area contributed by atoms with Crippen molar-refractivity contribution >= 4 is 22.8 Å². The second-order valence-electron chi connectivity index (χ2n) is 10.4. The number of nitrogens with zero attached hydrogens (tertiary/aromatic N) is 8. The predicted molar refractivity (Wildman–Crippen MR) is 141 cm³/mol. The number of nitrogens with one attached hydrogen (secondary N) is 1. The lowest BCUT2D eigenvalue weighted by molar-refractivity contribution is 0.0993. The second kappa shape index (κ2) is 9.75. The molecule has 6 heterocycles. The molecule has 4 aromatic heterocycles. The maximum absolute atomic E-state index is 14.8. The Morgan fingerprint density at radius 3 is 2.78 bits per heavy atom. The summed E-state index contributed by atoms with van der Waals surface area (Å²) in [6.45, 7) is 9.74. The summed E-state index contributed by atoms with van der Waals surface area (Å²) in [7, 11) is 1.90. The van der Waals surface area contributed by atoms with Gasteiger partial charge in [-0.05, 0) is 43.0 Å². The van der Waals surface area contributed by atoms with E-state index in [0.29, 0.717) is 23.1 Å². The first-order valence-electron chi connectivity index (χ1n) is 13.0. The normalized spacial score (nSPS) is 18.6. The van der Waals surface area contributed by atoms with Gasteiger partial charge in [0.05, 0.1) is 11.9 Å². The minimum Gasteiger partial charge on any atom is -0.309 e. The summed E-state index contributed by atoms with van der Waals surface area (Å²) >= 11 is 0. The van der Waals surface area contributed by atoms with Crippen LogP contribution in [0.25, 0.3) is 22.3 Å². The Labute approximate surface area is 215 Å². The molecular formula is C27H32FN9. The number of fused-ring (bicyclic) bond motifs is 2. The monoisotopic (exact) mass is 501 g/mol. The van der Waals surface area contributed by atoms with Crippen molar-refractivity contribution < 1.29 is 4.39 Å². The SMILES string of the molecule is CC(C)c1c2cc(-c3nc(Nc4ccc(CN5CCN6CCC[C@@H]6C5)cn4)ncc3F)cnc2nn1C. The minimum atomic E-state index is -0.507. The van der Waals surface area contributed by atoms with Crippen LogP contribution in [0.4, 0.5) is 16.2 Å². The van der Waals surface area contributed by atoms with Gasteiger partial charge < -0.3 is 5.32 Å². The molecule has 1 atom stereocenters. The zero-order valence-corrected chi connectivity index (χ0v) is 21.5. The molecule has 0 amide bonds. The zero-order chi connectivity index (χ0) is 25.5. The van der Waals surface area contributed by atoms with E-state index in [2.05, 4.69) is 60.1 Å². The van der Waals surface area contributed by atoms with E-state index in [-0.39, 0.29) is 17.6 Å². The van der Waals surface area contributed by atoms with E-state index in [0.717, 1.165) is 37.3 Å². The molecule has 2 aliphatic rings. The Bertz CT molecular complexity index is 1420. The molecule has 10 heteroatoms. The summed E-state index contributed by atoms with van der Waals surface area (Å²) < 4.78 is 16.6. The fraction of sp³-hybridized carbons (Fsp3) is 0.444. The topological polar surface area (TPSA) is 87.9 Å². The first kappa shape index (κ1) is 23.9. The van der Waals surface area contributed by atoms with Crippen molar-refractivity contribution in [2.75, 3.05) is 31.5 Å². The van der Waals surface area contributed by atoms with Crippen LogP contribution in [-0.2, 0) is 13.6 Å². The highest BCUT2D eigenvalue weighted by molar-refractivity contribution is 5.83. The van der Waals surface area contributed by atoms with E-state index in [1.165, 1.54) is 31.1 Å². The highest BCUT2D eigenvalue weighted by Crippen LogP contribution is 2.29. The number of aromatic nitrogens is 6. The number of hydrogen-bond acceptors (Lipinski definition) is 8. The van der Waals surface area contributed by atoms with Crippen molar-refractivity contribution in [1.29, 1.82) is 0 Å². The number of pyridine rings is 2. The fourth-order valence-corrected chi connectivity index (χ4v) is 5.70. The van der Waals surface area contributed by atoms with Gasteiger partial charge in [-0.25, -0.2) is 24.3 Å². The highest BCUT2D eigenvalue weighted by Gasteiger charge is 2.30. The Hall–Kier alpha value is -3.50. The van der Waals surface area contributed by atoms with E-state index in [9.17, 15) is 4.39 Å². The van der Waals surface area contributed by atoms with Gasteiger partial charge in [-0.1, -0.05) is 19.9 Å². The van der Waals surface area contributed by atoms with Crippen molar-refractivity contribution in [3.8, 4) is 11.3 Å². The molecule has 0 aliphatic carbocycles. The molecule has 192 valence electrons. The van der Waals surface area contributed by atoms with Gasteiger partial charge in [0.15, 0.2) is 11.5 Å². The molecule has 2 fully saturated rings. The lowest BCUT2D eigenvalue weighted by Gasteiger charge is -2.37. The third kappa shape index (κ3) is 4.78. The smallest absolute Gasteiger partial charge is 0.229 e. The fourth-order valence-electron chi connectivity index (χ4n) is 5.70. The molecule has 0 bridgehead atoms. The van der Waals surface area contributed by atoms with Crippen molar-refractivity contribution in [3.63, 3.8) is 0 Å². The number of rotatable bonds is 6. The summed E-state index contributed by atoms with van der Waals surface area (Å²) in [5.41, 5.74) is 3.63. The molecule has 2 saturated heterocycles. The van der Waals surface area contributed by atoms with Crippen LogP contribution in [0, 0.1) is 5.82 Å². The van der Waals surface area contributed by atoms with Gasteiger partial charge in [-0.2, -0.15) is 5.10 Å². The van der Waals surface area contributed by atoms with Crippen LogP contribution in [0.3, 0.4) is 0 Å². The Kier molecular flexibility index (Phi) is 6.29. The van der Waals surface area contributed by atoms with Crippen molar-refractivity contribution in [2.24, 2.45) is 7.05 Å². The Morgan fingerprint density at radius 2 is 1.97 bits per heavy atom. The molecule has 1 N–H and O–H groups in total. The van der Waals surface area contributed by atoms with E-state index < -0.39 is 5.82 Å². The number of hydrogen-bond donors (Lipinski definition) is 1. The summed E-state index contributed by atoms with van der Waals surface area (Å²) in [5.74, 6) is 0.641. The standard InChI is InChI=1S/C27H32FN9/c1-17(2)25-21-11-19(13-30-26(21)34-35(25)3)24-22(28)14-31-27(33-24)32-23-7-6-18(12-29-23)15-36-9-10-37-8-4-5-20(37)16-36/h6-7,11-14,17,20H,4-5,8-10,15-16H2,1-3H3,(H,29,31,32,33)/t20-/m1/s1. The Morgan fingerprint density at radius 1 is 1.08 bits per heavy atom. The molecule has 0 radical (unpaired) electrons. The molecule has 37 heavy (non-hydrogen) atoms. The molecule has 0 spiro atoms. The molecule has 4 aromatic rings. The van der Waals surface area contributed by atoms with Gasteiger partial charge in [-0.3, -0.25) is 14.5 Å². The summed E-state index contributed by atoms with van der Waals surface area (Å²) in [6, 6.07) is 6.61. The van der Waals surface area contributed by atoms with Crippen molar-refractivity contribution in [1.82, 2.24) is 39.5 Å². The maximum atomic E-state index is 14.8. The lowest BCUT2D eigenvalue weighted by atomic mass is 10.1. The quantitative estimate of drug-likeness (QED) is 0.422. The third-order valence-corrected chi connectivity index (χ3v) is 7.44. The highest BCUT2D eigenvalue weighted by atomic mass is 19.1. The van der Waals surface area contributed by atoms with Gasteiger partial charge in [0.25, 0.3) is 0 Å². The van der Waals surface area contributed by atoms with Crippen LogP contribution >= 0.6 is 0 Å². The first-order valence-corrected chi connectivity index (χ1v) is 13.0. The van der Waals surface area contributed by atoms with Gasteiger partial charge in [0.2, 0.25) is 5.95 Å². The molecule has 6 rings (SSSR count). The molecule has 0 saturated carbocycles. The third-order valence-electron chi connectivity index (χ3n) is 7.44. The van der Waals surface area contributed by atoms with Crippen LogP contribution in [0.15, 0.2) is 36.8 Å². The summed E-state index contributed by atoms with van der Waals surface area (Å²) in [5, 5.41) is 8.49. The van der Waals surface area contributed by atoms with Crippen LogP contribution in [0.1, 0.15) is 43.9 Å². The molecule has 0 unspecified atom stereocenters. The minimum absolute atomic E-state index is 0.188. The number of aryl methyl sites for hydroxylation is 1. The molecule has 9 nitrogen and oxygen atoms in total. The van der Waals surface area contributed by atoms with Crippen molar-refractivity contribution in [2.45, 2.75) is 45.2 Å². The van der Waals surface area contributed by atoms with Crippen LogP contribution < -0.4 is 5.32 Å². The van der Waals surface area contributed by atoms with E-state index >= 15 is 0 Å². The molecular weight excluding hydrogens is 469 g/mol. The van der Waals surface area contributed by atoms with Gasteiger partial charge >= 0.3 is 0 Å². The van der Waals surface area contributed by atoms with E-state index in [1.807, 2.05) is 30.1 Å². The average molecular weight is 502 g/mol. The van der Waals surface area contributed by atoms with Crippen LogP contribution in [0.2, 0.25) is 0 Å². The average Bonchev–Trinajstić information content (AvgIpc) is 3.49. The van der Waals surface area contributed by atoms with E-state index in [4.69, 9.17) is 0 Å². The number of halogens is 1. The van der Waals surface area contributed by atoms with E-state index in [1.54, 1.807) is 6.20 Å². The van der Waals surface area contributed by atoms with Gasteiger partial charge in [0, 0.05) is 62.6 Å². The van der Waals surface area contributed by atoms with Gasteiger partial charge in [-0.15, -0.1) is 0 Å². The number of anilines is 2. The number of piperazine rings is 1. The lowest BCUT2D eigenvalue weighted by Crippen LogP contribution is -2.49. The van der Waals surface area contributed by atoms with Gasteiger partial charge in [0.1, 0.15) is 11.5 Å². The molecule has 0 aromatic carbocycles. The molecule has 2 aliphatic heterocycles. The Balaban J connectivity index is 1.18. The summed E-state index contributed by atoms with van der Waals surface area (Å²) in [6.07, 6.45) is 7.30. The largest absolute Gasteiger partial charge is 0.309 e. The van der Waals surface area contributed by atoms with Crippen LogP contribution in [0.5, 0.6) is 0 Å². The van der Waals surface area contributed by atoms with Crippen LogP contribution in [-0.4, -0.2) is 71.7 Å². The maximum Gasteiger partial charge on any atom is 0.229 e. The first-order chi connectivity index (χ1) is 17.9. The second-order valence-corrected chi connectivity index (χ2v) is 10.4. The van der Waals surface area contributed by atoms with Crippen molar-refractivity contribution in [3.05, 3.63) is 53.9 Å².